The number of piperidine rings is 1. The highest BCUT2D eigenvalue weighted by atomic mass is 35.5. The molecule has 1 amide bonds. The number of hydrogen-bond donors (Lipinski definition) is 2. The first kappa shape index (κ1) is 20.0. The van der Waals surface area contributed by atoms with Crippen LogP contribution in [0.1, 0.15) is 28.9 Å². The van der Waals surface area contributed by atoms with Crippen LogP contribution >= 0.6 is 12.4 Å². The molecular weight excluding hydrogens is 378 g/mol. The first-order valence-electron chi connectivity index (χ1n) is 9.11. The SMILES string of the molecule is Cl.O=C(c1cnc2[nH]c(=O)ccc2c1)N(Cc1ccccn1)C1CCNCC1. The first-order chi connectivity index (χ1) is 13.2. The minimum Gasteiger partial charge on any atom is -0.330 e. The highest BCUT2D eigenvalue weighted by Gasteiger charge is 2.27. The van der Waals surface area contributed by atoms with E-state index in [1.54, 1.807) is 18.3 Å². The van der Waals surface area contributed by atoms with Gasteiger partial charge in [0.2, 0.25) is 5.56 Å². The smallest absolute Gasteiger partial charge is 0.256 e. The van der Waals surface area contributed by atoms with Crippen LogP contribution in [0.15, 0.2) is 53.6 Å². The number of carbonyl (C=O) groups is 1. The average Bonchev–Trinajstić information content (AvgIpc) is 2.72. The fourth-order valence-electron chi connectivity index (χ4n) is 3.47. The summed E-state index contributed by atoms with van der Waals surface area (Å²) in [6, 6.07) is 10.8. The molecule has 1 fully saturated rings. The third kappa shape index (κ3) is 4.37. The molecule has 146 valence electrons. The molecule has 1 saturated heterocycles. The Balaban J connectivity index is 0.00000225. The normalized spacial score (nSPS) is 14.4. The highest BCUT2D eigenvalue weighted by Crippen LogP contribution is 2.19. The van der Waals surface area contributed by atoms with E-state index in [1.165, 1.54) is 12.3 Å². The number of pyridine rings is 3. The van der Waals surface area contributed by atoms with Gasteiger partial charge in [0.15, 0.2) is 0 Å². The quantitative estimate of drug-likeness (QED) is 0.701. The number of nitrogens with zero attached hydrogens (tertiary/aromatic N) is 3. The topological polar surface area (TPSA) is 91.0 Å². The summed E-state index contributed by atoms with van der Waals surface area (Å²) in [6.07, 6.45) is 5.10. The third-order valence-corrected chi connectivity index (χ3v) is 4.89. The molecule has 0 aromatic carbocycles. The molecule has 0 bridgehead atoms. The Kier molecular flexibility index (Phi) is 6.38. The van der Waals surface area contributed by atoms with Crippen LogP contribution in [0.3, 0.4) is 0 Å². The van der Waals surface area contributed by atoms with Crippen molar-refractivity contribution in [3.05, 3.63) is 70.4 Å². The van der Waals surface area contributed by atoms with Gasteiger partial charge in [0.05, 0.1) is 17.8 Å². The van der Waals surface area contributed by atoms with Crippen molar-refractivity contribution >= 4 is 29.3 Å². The third-order valence-electron chi connectivity index (χ3n) is 4.89. The molecule has 1 aliphatic heterocycles. The Morgan fingerprint density at radius 1 is 1.14 bits per heavy atom. The van der Waals surface area contributed by atoms with Crippen molar-refractivity contribution in [1.29, 1.82) is 0 Å². The van der Waals surface area contributed by atoms with E-state index in [0.717, 1.165) is 37.0 Å². The van der Waals surface area contributed by atoms with Crippen LogP contribution in [-0.2, 0) is 6.54 Å². The van der Waals surface area contributed by atoms with Gasteiger partial charge in [-0.3, -0.25) is 14.6 Å². The molecule has 28 heavy (non-hydrogen) atoms. The maximum absolute atomic E-state index is 13.3. The summed E-state index contributed by atoms with van der Waals surface area (Å²) in [5.41, 5.74) is 1.66. The van der Waals surface area contributed by atoms with Gasteiger partial charge in [-0.05, 0) is 50.2 Å². The van der Waals surface area contributed by atoms with Crippen molar-refractivity contribution in [2.24, 2.45) is 0 Å². The zero-order valence-corrected chi connectivity index (χ0v) is 16.1. The van der Waals surface area contributed by atoms with E-state index < -0.39 is 0 Å². The van der Waals surface area contributed by atoms with Crippen LogP contribution in [0.25, 0.3) is 11.0 Å². The molecule has 0 radical (unpaired) electrons. The molecule has 0 unspecified atom stereocenters. The second kappa shape index (κ2) is 8.95. The second-order valence-corrected chi connectivity index (χ2v) is 6.72. The first-order valence-corrected chi connectivity index (χ1v) is 9.11. The molecule has 2 N–H and O–H groups in total. The van der Waals surface area contributed by atoms with Gasteiger partial charge in [0.1, 0.15) is 5.65 Å². The number of amides is 1. The van der Waals surface area contributed by atoms with Gasteiger partial charge in [-0.25, -0.2) is 4.98 Å². The maximum Gasteiger partial charge on any atom is 0.256 e. The van der Waals surface area contributed by atoms with Crippen molar-refractivity contribution in [1.82, 2.24) is 25.2 Å². The Morgan fingerprint density at radius 2 is 1.96 bits per heavy atom. The van der Waals surface area contributed by atoms with Crippen LogP contribution in [0.5, 0.6) is 0 Å². The molecule has 0 atom stereocenters. The Bertz CT molecular complexity index is 1000. The predicted molar refractivity (Wildman–Crippen MR) is 110 cm³/mol. The molecular formula is C20H22ClN5O2. The number of fused-ring (bicyclic) bond motifs is 1. The molecule has 0 aliphatic carbocycles. The predicted octanol–water partition coefficient (Wildman–Crippen LogP) is 2.13. The zero-order valence-electron chi connectivity index (χ0n) is 15.3. The number of halogens is 1. The number of rotatable bonds is 4. The molecule has 4 heterocycles. The second-order valence-electron chi connectivity index (χ2n) is 6.72. The van der Waals surface area contributed by atoms with Gasteiger partial charge in [0, 0.05) is 29.9 Å². The van der Waals surface area contributed by atoms with E-state index in [1.807, 2.05) is 23.1 Å². The van der Waals surface area contributed by atoms with Crippen LogP contribution in [0.2, 0.25) is 0 Å². The van der Waals surface area contributed by atoms with Crippen molar-refractivity contribution in [3.8, 4) is 0 Å². The van der Waals surface area contributed by atoms with Crippen molar-refractivity contribution in [2.45, 2.75) is 25.4 Å². The molecule has 1 aliphatic rings. The summed E-state index contributed by atoms with van der Waals surface area (Å²) in [4.78, 5) is 38.0. The lowest BCUT2D eigenvalue weighted by Crippen LogP contribution is -2.45. The van der Waals surface area contributed by atoms with Gasteiger partial charge in [-0.1, -0.05) is 6.07 Å². The lowest BCUT2D eigenvalue weighted by molar-refractivity contribution is 0.0620. The Labute approximate surface area is 168 Å². The minimum atomic E-state index is -0.208. The van der Waals surface area contributed by atoms with E-state index in [2.05, 4.69) is 20.3 Å². The Hall–Kier alpha value is -2.77. The number of carbonyl (C=O) groups excluding carboxylic acids is 1. The molecule has 7 nitrogen and oxygen atoms in total. The minimum absolute atomic E-state index is 0. The van der Waals surface area contributed by atoms with Crippen molar-refractivity contribution < 1.29 is 4.79 Å². The van der Waals surface area contributed by atoms with E-state index >= 15 is 0 Å². The lowest BCUT2D eigenvalue weighted by Gasteiger charge is -2.34. The molecule has 0 spiro atoms. The van der Waals surface area contributed by atoms with Crippen molar-refractivity contribution in [2.75, 3.05) is 13.1 Å². The van der Waals surface area contributed by atoms with Gasteiger partial charge in [-0.15, -0.1) is 12.4 Å². The fourth-order valence-corrected chi connectivity index (χ4v) is 3.47. The number of aromatic nitrogens is 3. The Morgan fingerprint density at radius 3 is 2.71 bits per heavy atom. The molecule has 0 saturated carbocycles. The van der Waals surface area contributed by atoms with Crippen LogP contribution in [0.4, 0.5) is 0 Å². The van der Waals surface area contributed by atoms with Gasteiger partial charge in [0.25, 0.3) is 5.91 Å². The zero-order chi connectivity index (χ0) is 18.6. The molecule has 3 aromatic heterocycles. The van der Waals surface area contributed by atoms with Gasteiger partial charge >= 0.3 is 0 Å². The average molecular weight is 400 g/mol. The van der Waals surface area contributed by atoms with Crippen LogP contribution < -0.4 is 10.9 Å². The summed E-state index contributed by atoms with van der Waals surface area (Å²) in [6.45, 7) is 2.26. The van der Waals surface area contributed by atoms with E-state index in [9.17, 15) is 9.59 Å². The molecule has 3 aromatic rings. The lowest BCUT2D eigenvalue weighted by atomic mass is 10.0. The van der Waals surface area contributed by atoms with Gasteiger partial charge < -0.3 is 15.2 Å². The largest absolute Gasteiger partial charge is 0.330 e. The van der Waals surface area contributed by atoms with Crippen LogP contribution in [-0.4, -0.2) is 44.9 Å². The van der Waals surface area contributed by atoms with Gasteiger partial charge in [-0.2, -0.15) is 0 Å². The summed E-state index contributed by atoms with van der Waals surface area (Å²) < 4.78 is 0. The van der Waals surface area contributed by atoms with E-state index in [-0.39, 0.29) is 29.9 Å². The van der Waals surface area contributed by atoms with Crippen LogP contribution in [0, 0.1) is 0 Å². The summed E-state index contributed by atoms with van der Waals surface area (Å²) in [7, 11) is 0. The highest BCUT2D eigenvalue weighted by molar-refractivity contribution is 5.97. The number of aromatic amines is 1. The summed E-state index contributed by atoms with van der Waals surface area (Å²) in [5.74, 6) is -0.0619. The monoisotopic (exact) mass is 399 g/mol. The number of hydrogen-bond acceptors (Lipinski definition) is 5. The molecule has 8 heteroatoms. The summed E-state index contributed by atoms with van der Waals surface area (Å²) >= 11 is 0. The number of nitrogens with one attached hydrogen (secondary N) is 2. The standard InChI is InChI=1S/C20H21N5O2.ClH/c26-18-5-4-14-11-15(12-23-19(14)24-18)20(27)25(17-6-9-21-10-7-17)13-16-3-1-2-8-22-16;/h1-5,8,11-12,17,21H,6-7,9-10,13H2,(H,23,24,26);1H. The number of H-pyrrole nitrogens is 1. The van der Waals surface area contributed by atoms with Crippen molar-refractivity contribution in [3.63, 3.8) is 0 Å². The maximum atomic E-state index is 13.3. The molecule has 4 rings (SSSR count). The van der Waals surface area contributed by atoms with E-state index in [4.69, 9.17) is 0 Å². The van der Waals surface area contributed by atoms with E-state index in [0.29, 0.717) is 17.8 Å². The summed E-state index contributed by atoms with van der Waals surface area (Å²) in [5, 5.41) is 4.08. The fraction of sp³-hybridized carbons (Fsp3) is 0.300.